The summed E-state index contributed by atoms with van der Waals surface area (Å²) in [5, 5.41) is 7.23. The van der Waals surface area contributed by atoms with Crippen LogP contribution < -0.4 is 0 Å². The number of nitrogens with one attached hydrogen (secondary N) is 1. The van der Waals surface area contributed by atoms with Crippen LogP contribution in [-0.4, -0.2) is 62.9 Å². The number of hydrogen-bond acceptors (Lipinski definition) is 5. The Morgan fingerprint density at radius 1 is 1.29 bits per heavy atom. The molecule has 0 radical (unpaired) electrons. The fraction of sp³-hybridized carbons (Fsp3) is 0.824. The van der Waals surface area contributed by atoms with E-state index in [4.69, 9.17) is 4.74 Å². The largest absolute Gasteiger partial charge is 0.444 e. The van der Waals surface area contributed by atoms with E-state index in [1.165, 1.54) is 0 Å². The summed E-state index contributed by atoms with van der Waals surface area (Å²) in [5.41, 5.74) is -0.220. The summed E-state index contributed by atoms with van der Waals surface area (Å²) in [6.45, 7) is 12.3. The molecule has 1 aromatic heterocycles. The second-order valence-corrected chi connectivity index (χ2v) is 8.16. The summed E-state index contributed by atoms with van der Waals surface area (Å²) in [4.78, 5) is 21.1. The molecule has 7 nitrogen and oxygen atoms in total. The molecule has 2 saturated heterocycles. The fourth-order valence-electron chi connectivity index (χ4n) is 3.69. The Morgan fingerprint density at radius 3 is 2.71 bits per heavy atom. The van der Waals surface area contributed by atoms with Gasteiger partial charge in [0.1, 0.15) is 17.2 Å². The third-order valence-electron chi connectivity index (χ3n) is 4.88. The molecular weight excluding hydrogens is 306 g/mol. The second kappa shape index (κ2) is 6.35. The van der Waals surface area contributed by atoms with Crippen LogP contribution in [0.25, 0.3) is 0 Å². The highest BCUT2D eigenvalue weighted by atomic mass is 16.6. The average Bonchev–Trinajstić information content (AvgIpc) is 3.19. The molecule has 0 aromatic carbocycles. The van der Waals surface area contributed by atoms with Gasteiger partial charge in [-0.05, 0) is 40.2 Å². The van der Waals surface area contributed by atoms with Crippen LogP contribution >= 0.6 is 0 Å². The highest BCUT2D eigenvalue weighted by Gasteiger charge is 2.45. The Morgan fingerprint density at radius 2 is 2.04 bits per heavy atom. The lowest BCUT2D eigenvalue weighted by atomic mass is 9.86. The number of aromatic amines is 1. The van der Waals surface area contributed by atoms with Gasteiger partial charge in [0.15, 0.2) is 0 Å². The molecule has 2 aliphatic heterocycles. The van der Waals surface area contributed by atoms with E-state index in [-0.39, 0.29) is 11.5 Å². The molecule has 0 unspecified atom stereocenters. The minimum Gasteiger partial charge on any atom is -0.444 e. The minimum atomic E-state index is -0.433. The zero-order chi connectivity index (χ0) is 17.4. The van der Waals surface area contributed by atoms with E-state index in [9.17, 15) is 4.79 Å². The quantitative estimate of drug-likeness (QED) is 0.916. The van der Waals surface area contributed by atoms with Gasteiger partial charge in [-0.15, -0.1) is 0 Å². The molecule has 2 fully saturated rings. The van der Waals surface area contributed by atoms with Crippen molar-refractivity contribution in [3.05, 3.63) is 11.6 Å². The monoisotopic (exact) mass is 335 g/mol. The standard InChI is InChI=1S/C17H29N5O2/c1-5-13-18-14(20-19-13)10-21-8-6-17(11-21)7-9-22(12-17)15(23)24-16(2,3)4/h5-12H2,1-4H3,(H,18,19,20)/t17-/m0/s1. The molecule has 0 bridgehead atoms. The number of nitrogens with zero attached hydrogens (tertiary/aromatic N) is 4. The minimum absolute atomic E-state index is 0.180. The first-order chi connectivity index (χ1) is 11.3. The Hall–Kier alpha value is -1.63. The number of hydrogen-bond donors (Lipinski definition) is 1. The number of ether oxygens (including phenoxy) is 1. The van der Waals surface area contributed by atoms with Crippen LogP contribution in [0, 0.1) is 5.41 Å². The van der Waals surface area contributed by atoms with Crippen LogP contribution in [0.2, 0.25) is 0 Å². The van der Waals surface area contributed by atoms with Crippen LogP contribution in [-0.2, 0) is 17.7 Å². The predicted octanol–water partition coefficient (Wildman–Crippen LogP) is 2.20. The first kappa shape index (κ1) is 17.2. The molecule has 1 N–H and O–H groups in total. The van der Waals surface area contributed by atoms with Crippen LogP contribution in [0.3, 0.4) is 0 Å². The van der Waals surface area contributed by atoms with Crippen LogP contribution in [0.5, 0.6) is 0 Å². The van der Waals surface area contributed by atoms with Gasteiger partial charge in [0.05, 0.1) is 6.54 Å². The van der Waals surface area contributed by atoms with Crippen molar-refractivity contribution in [1.82, 2.24) is 25.0 Å². The number of aryl methyl sites for hydroxylation is 1. The van der Waals surface area contributed by atoms with Crippen molar-refractivity contribution in [1.29, 1.82) is 0 Å². The number of amides is 1. The van der Waals surface area contributed by atoms with Gasteiger partial charge in [-0.25, -0.2) is 9.78 Å². The first-order valence-electron chi connectivity index (χ1n) is 8.89. The van der Waals surface area contributed by atoms with Gasteiger partial charge in [-0.2, -0.15) is 5.10 Å². The SMILES string of the molecule is CCc1n[nH]c(CN2CC[C@]3(CCN(C(=O)OC(C)(C)C)C3)C2)n1. The third-order valence-corrected chi connectivity index (χ3v) is 4.88. The van der Waals surface area contributed by atoms with E-state index in [0.29, 0.717) is 0 Å². The highest BCUT2D eigenvalue weighted by Crippen LogP contribution is 2.40. The highest BCUT2D eigenvalue weighted by molar-refractivity contribution is 5.68. The smallest absolute Gasteiger partial charge is 0.410 e. The molecule has 3 rings (SSSR count). The molecular formula is C17H29N5O2. The van der Waals surface area contributed by atoms with Gasteiger partial charge in [0, 0.05) is 31.5 Å². The Kier molecular flexibility index (Phi) is 4.55. The maximum atomic E-state index is 12.3. The van der Waals surface area contributed by atoms with Crippen molar-refractivity contribution in [3.63, 3.8) is 0 Å². The normalized spacial score (nSPS) is 24.9. The molecule has 7 heteroatoms. The molecule has 1 spiro atoms. The molecule has 2 aliphatic rings. The number of carbonyl (C=O) groups is 1. The van der Waals surface area contributed by atoms with Crippen LogP contribution in [0.1, 0.15) is 52.2 Å². The van der Waals surface area contributed by atoms with E-state index in [1.807, 2.05) is 25.7 Å². The lowest BCUT2D eigenvalue weighted by molar-refractivity contribution is 0.0274. The maximum absolute atomic E-state index is 12.3. The summed E-state index contributed by atoms with van der Waals surface area (Å²) in [5.74, 6) is 1.81. The molecule has 134 valence electrons. The van der Waals surface area contributed by atoms with Gasteiger partial charge in [0.25, 0.3) is 0 Å². The Labute approximate surface area is 143 Å². The summed E-state index contributed by atoms with van der Waals surface area (Å²) < 4.78 is 5.51. The summed E-state index contributed by atoms with van der Waals surface area (Å²) in [7, 11) is 0. The Bertz CT molecular complexity index is 594. The second-order valence-electron chi connectivity index (χ2n) is 8.16. The lowest BCUT2D eigenvalue weighted by Crippen LogP contribution is -2.37. The third kappa shape index (κ3) is 3.88. The number of H-pyrrole nitrogens is 1. The first-order valence-corrected chi connectivity index (χ1v) is 8.89. The van der Waals surface area contributed by atoms with E-state index in [1.54, 1.807) is 0 Å². The lowest BCUT2D eigenvalue weighted by Gasteiger charge is -2.27. The van der Waals surface area contributed by atoms with Gasteiger partial charge in [0.2, 0.25) is 0 Å². The summed E-state index contributed by atoms with van der Waals surface area (Å²) in [6, 6.07) is 0. The van der Waals surface area contributed by atoms with Crippen molar-refractivity contribution in [2.24, 2.45) is 5.41 Å². The van der Waals surface area contributed by atoms with Crippen molar-refractivity contribution in [2.45, 2.75) is 59.1 Å². The van der Waals surface area contributed by atoms with Crippen molar-refractivity contribution < 1.29 is 9.53 Å². The molecule has 3 heterocycles. The van der Waals surface area contributed by atoms with E-state index in [0.717, 1.165) is 63.6 Å². The summed E-state index contributed by atoms with van der Waals surface area (Å²) >= 11 is 0. The van der Waals surface area contributed by atoms with Gasteiger partial charge >= 0.3 is 6.09 Å². The maximum Gasteiger partial charge on any atom is 0.410 e. The van der Waals surface area contributed by atoms with Crippen molar-refractivity contribution >= 4 is 6.09 Å². The topological polar surface area (TPSA) is 74.4 Å². The molecule has 24 heavy (non-hydrogen) atoms. The zero-order valence-electron chi connectivity index (χ0n) is 15.3. The van der Waals surface area contributed by atoms with Crippen LogP contribution in [0.4, 0.5) is 4.79 Å². The number of likely N-dealkylation sites (tertiary alicyclic amines) is 2. The summed E-state index contributed by atoms with van der Waals surface area (Å²) in [6.07, 6.45) is 2.85. The fourth-order valence-corrected chi connectivity index (χ4v) is 3.69. The van der Waals surface area contributed by atoms with Crippen LogP contribution in [0.15, 0.2) is 0 Å². The van der Waals surface area contributed by atoms with Gasteiger partial charge in [-0.1, -0.05) is 6.92 Å². The number of aromatic nitrogens is 3. The number of rotatable bonds is 3. The van der Waals surface area contributed by atoms with E-state index >= 15 is 0 Å². The van der Waals surface area contributed by atoms with Crippen molar-refractivity contribution in [3.8, 4) is 0 Å². The zero-order valence-corrected chi connectivity index (χ0v) is 15.3. The molecule has 0 aliphatic carbocycles. The molecule has 1 atom stereocenters. The van der Waals surface area contributed by atoms with Gasteiger partial charge < -0.3 is 9.64 Å². The van der Waals surface area contributed by atoms with Gasteiger partial charge in [-0.3, -0.25) is 10.00 Å². The van der Waals surface area contributed by atoms with E-state index in [2.05, 4.69) is 27.0 Å². The predicted molar refractivity (Wildman–Crippen MR) is 90.5 cm³/mol. The average molecular weight is 335 g/mol. The molecule has 1 amide bonds. The number of carbonyl (C=O) groups excluding carboxylic acids is 1. The van der Waals surface area contributed by atoms with Crippen molar-refractivity contribution in [2.75, 3.05) is 26.2 Å². The van der Waals surface area contributed by atoms with E-state index < -0.39 is 5.60 Å². The molecule has 1 aromatic rings. The Balaban J connectivity index is 1.54. The molecule has 0 saturated carbocycles.